The SMILES string of the molecule is NCc1ccc(S(=O)(=O)CCSC2CCCCC2)cc1. The molecule has 0 unspecified atom stereocenters. The molecule has 1 saturated carbocycles. The summed E-state index contributed by atoms with van der Waals surface area (Å²) in [6.07, 6.45) is 6.42. The first-order valence-corrected chi connectivity index (χ1v) is 9.95. The summed E-state index contributed by atoms with van der Waals surface area (Å²) in [5, 5.41) is 0.665. The molecule has 0 aliphatic heterocycles. The fourth-order valence-corrected chi connectivity index (χ4v) is 5.56. The van der Waals surface area contributed by atoms with E-state index in [4.69, 9.17) is 5.73 Å². The smallest absolute Gasteiger partial charge is 0.179 e. The minimum atomic E-state index is -3.15. The average Bonchev–Trinajstić information content (AvgIpc) is 2.48. The molecule has 5 heteroatoms. The molecule has 1 fully saturated rings. The van der Waals surface area contributed by atoms with Gasteiger partial charge in [-0.3, -0.25) is 0 Å². The van der Waals surface area contributed by atoms with E-state index in [-0.39, 0.29) is 5.75 Å². The van der Waals surface area contributed by atoms with Gasteiger partial charge in [0.15, 0.2) is 9.84 Å². The van der Waals surface area contributed by atoms with Gasteiger partial charge in [0.2, 0.25) is 0 Å². The summed E-state index contributed by atoms with van der Waals surface area (Å²) in [4.78, 5) is 0.416. The monoisotopic (exact) mass is 313 g/mol. The van der Waals surface area contributed by atoms with E-state index in [2.05, 4.69) is 0 Å². The van der Waals surface area contributed by atoms with Crippen LogP contribution in [0.3, 0.4) is 0 Å². The molecule has 2 rings (SSSR count). The minimum Gasteiger partial charge on any atom is -0.326 e. The zero-order valence-electron chi connectivity index (χ0n) is 11.8. The molecule has 0 bridgehead atoms. The number of thioether (sulfide) groups is 1. The maximum atomic E-state index is 12.2. The maximum Gasteiger partial charge on any atom is 0.179 e. The van der Waals surface area contributed by atoms with Crippen molar-refractivity contribution in [1.82, 2.24) is 0 Å². The minimum absolute atomic E-state index is 0.232. The van der Waals surface area contributed by atoms with E-state index in [0.29, 0.717) is 22.4 Å². The van der Waals surface area contributed by atoms with Gasteiger partial charge in [-0.1, -0.05) is 31.4 Å². The Hall–Kier alpha value is -0.520. The molecule has 0 atom stereocenters. The molecular formula is C15H23NO2S2. The highest BCUT2D eigenvalue weighted by molar-refractivity contribution is 8.01. The van der Waals surface area contributed by atoms with Gasteiger partial charge in [-0.15, -0.1) is 0 Å². The third-order valence-electron chi connectivity index (χ3n) is 3.78. The topological polar surface area (TPSA) is 60.2 Å². The summed E-state index contributed by atoms with van der Waals surface area (Å²) in [7, 11) is -3.15. The highest BCUT2D eigenvalue weighted by atomic mass is 32.2. The summed E-state index contributed by atoms with van der Waals surface area (Å²) in [5.74, 6) is 0.932. The van der Waals surface area contributed by atoms with Gasteiger partial charge < -0.3 is 5.73 Å². The Morgan fingerprint density at radius 1 is 1.10 bits per heavy atom. The van der Waals surface area contributed by atoms with Crippen LogP contribution in [0.15, 0.2) is 29.2 Å². The average molecular weight is 313 g/mol. The van der Waals surface area contributed by atoms with Crippen LogP contribution in [0.5, 0.6) is 0 Å². The van der Waals surface area contributed by atoms with Crippen LogP contribution in [-0.4, -0.2) is 25.2 Å². The van der Waals surface area contributed by atoms with Crippen LogP contribution < -0.4 is 5.73 Å². The lowest BCUT2D eigenvalue weighted by Crippen LogP contribution is -2.13. The Morgan fingerprint density at radius 2 is 1.75 bits per heavy atom. The molecule has 0 spiro atoms. The molecule has 1 aliphatic carbocycles. The van der Waals surface area contributed by atoms with Crippen LogP contribution in [0.4, 0.5) is 0 Å². The predicted molar refractivity (Wildman–Crippen MR) is 85.7 cm³/mol. The van der Waals surface area contributed by atoms with Gasteiger partial charge >= 0.3 is 0 Å². The summed E-state index contributed by atoms with van der Waals surface area (Å²) in [6.45, 7) is 0.442. The molecule has 0 heterocycles. The first-order valence-electron chi connectivity index (χ1n) is 7.25. The van der Waals surface area contributed by atoms with Crippen molar-refractivity contribution in [3.63, 3.8) is 0 Å². The molecule has 112 valence electrons. The Kier molecular flexibility index (Phi) is 5.93. The largest absolute Gasteiger partial charge is 0.326 e. The van der Waals surface area contributed by atoms with Gasteiger partial charge in [-0.25, -0.2) is 8.42 Å². The fraction of sp³-hybridized carbons (Fsp3) is 0.600. The highest BCUT2D eigenvalue weighted by Gasteiger charge is 2.17. The van der Waals surface area contributed by atoms with Crippen LogP contribution in [0, 0.1) is 0 Å². The van der Waals surface area contributed by atoms with Gasteiger partial charge in [0.25, 0.3) is 0 Å². The van der Waals surface area contributed by atoms with Crippen LogP contribution in [0.2, 0.25) is 0 Å². The van der Waals surface area contributed by atoms with E-state index in [1.165, 1.54) is 32.1 Å². The molecule has 0 amide bonds. The summed E-state index contributed by atoms with van der Waals surface area (Å²) < 4.78 is 24.5. The molecule has 0 saturated heterocycles. The Balaban J connectivity index is 1.86. The normalized spacial score (nSPS) is 17.2. The second-order valence-electron chi connectivity index (χ2n) is 5.30. The van der Waals surface area contributed by atoms with Crippen molar-refractivity contribution in [3.8, 4) is 0 Å². The predicted octanol–water partition coefficient (Wildman–Crippen LogP) is 2.98. The van der Waals surface area contributed by atoms with Gasteiger partial charge in [-0.05, 0) is 30.5 Å². The molecule has 1 aromatic rings. The van der Waals surface area contributed by atoms with Crippen molar-refractivity contribution in [3.05, 3.63) is 29.8 Å². The molecule has 2 N–H and O–H groups in total. The van der Waals surface area contributed by atoms with Crippen molar-refractivity contribution in [2.45, 2.75) is 48.8 Å². The quantitative estimate of drug-likeness (QED) is 0.877. The van der Waals surface area contributed by atoms with Crippen molar-refractivity contribution in [2.75, 3.05) is 11.5 Å². The van der Waals surface area contributed by atoms with E-state index >= 15 is 0 Å². The molecule has 20 heavy (non-hydrogen) atoms. The first-order chi connectivity index (χ1) is 9.62. The Bertz CT molecular complexity index is 505. The number of hydrogen-bond donors (Lipinski definition) is 1. The van der Waals surface area contributed by atoms with Crippen LogP contribution in [-0.2, 0) is 16.4 Å². The summed E-state index contributed by atoms with van der Waals surface area (Å²) in [6, 6.07) is 6.92. The highest BCUT2D eigenvalue weighted by Crippen LogP contribution is 2.28. The lowest BCUT2D eigenvalue weighted by molar-refractivity contribution is 0.516. The van der Waals surface area contributed by atoms with Crippen LogP contribution >= 0.6 is 11.8 Å². The second kappa shape index (κ2) is 7.48. The van der Waals surface area contributed by atoms with E-state index < -0.39 is 9.84 Å². The van der Waals surface area contributed by atoms with Crippen molar-refractivity contribution in [1.29, 1.82) is 0 Å². The van der Waals surface area contributed by atoms with Gasteiger partial charge in [-0.2, -0.15) is 11.8 Å². The zero-order chi connectivity index (χ0) is 14.4. The van der Waals surface area contributed by atoms with E-state index in [1.807, 2.05) is 11.8 Å². The Morgan fingerprint density at radius 3 is 2.35 bits per heavy atom. The first kappa shape index (κ1) is 15.9. The fourth-order valence-electron chi connectivity index (χ4n) is 2.51. The third-order valence-corrected chi connectivity index (χ3v) is 7.15. The molecule has 0 aromatic heterocycles. The summed E-state index contributed by atoms with van der Waals surface area (Å²) >= 11 is 1.83. The molecule has 0 radical (unpaired) electrons. The number of benzene rings is 1. The van der Waals surface area contributed by atoms with Gasteiger partial charge in [0, 0.05) is 17.5 Å². The maximum absolute atomic E-state index is 12.2. The Labute approximate surface area is 126 Å². The van der Waals surface area contributed by atoms with Crippen molar-refractivity contribution >= 4 is 21.6 Å². The number of hydrogen-bond acceptors (Lipinski definition) is 4. The third kappa shape index (κ3) is 4.50. The number of rotatable bonds is 6. The number of sulfone groups is 1. The van der Waals surface area contributed by atoms with Crippen LogP contribution in [0.1, 0.15) is 37.7 Å². The van der Waals surface area contributed by atoms with Gasteiger partial charge in [0.05, 0.1) is 10.6 Å². The van der Waals surface area contributed by atoms with Crippen LogP contribution in [0.25, 0.3) is 0 Å². The lowest BCUT2D eigenvalue weighted by atomic mass is 10.0. The van der Waals surface area contributed by atoms with E-state index in [9.17, 15) is 8.42 Å². The summed E-state index contributed by atoms with van der Waals surface area (Å²) in [5.41, 5.74) is 6.48. The second-order valence-corrected chi connectivity index (χ2v) is 8.82. The lowest BCUT2D eigenvalue weighted by Gasteiger charge is -2.20. The van der Waals surface area contributed by atoms with Gasteiger partial charge in [0.1, 0.15) is 0 Å². The molecule has 3 nitrogen and oxygen atoms in total. The van der Waals surface area contributed by atoms with E-state index in [0.717, 1.165) is 5.56 Å². The van der Waals surface area contributed by atoms with Crippen molar-refractivity contribution < 1.29 is 8.42 Å². The number of nitrogens with two attached hydrogens (primary N) is 1. The molecule has 1 aliphatic rings. The van der Waals surface area contributed by atoms with Crippen molar-refractivity contribution in [2.24, 2.45) is 5.73 Å². The standard InChI is InChI=1S/C15H23NO2S2/c16-12-13-6-8-15(9-7-13)20(17,18)11-10-19-14-4-2-1-3-5-14/h6-9,14H,1-5,10-12,16H2. The van der Waals surface area contributed by atoms with E-state index in [1.54, 1.807) is 24.3 Å². The molecular weight excluding hydrogens is 290 g/mol. The zero-order valence-corrected chi connectivity index (χ0v) is 13.4. The molecule has 1 aromatic carbocycles.